The lowest BCUT2D eigenvalue weighted by Gasteiger charge is -2.23. The van der Waals surface area contributed by atoms with Gasteiger partial charge in [-0.15, -0.1) is 0 Å². The molecule has 0 aromatic heterocycles. The molecule has 4 N–H and O–H groups in total. The van der Waals surface area contributed by atoms with E-state index in [0.717, 1.165) is 19.4 Å². The molecule has 1 rings (SSSR count). The first kappa shape index (κ1) is 26.1. The zero-order valence-electron chi connectivity index (χ0n) is 18.0. The SMILES string of the molecule is CC(C)CC(CN)CC(=O)O.CCC(c1cccc(OC=O)c1)C(C)CNC. The van der Waals surface area contributed by atoms with Gasteiger partial charge < -0.3 is 20.9 Å². The molecule has 6 heteroatoms. The summed E-state index contributed by atoms with van der Waals surface area (Å²) in [7, 11) is 1.97. The Morgan fingerprint density at radius 3 is 2.46 bits per heavy atom. The Morgan fingerprint density at radius 1 is 1.32 bits per heavy atom. The molecule has 0 amide bonds. The highest BCUT2D eigenvalue weighted by atomic mass is 16.5. The maximum Gasteiger partial charge on any atom is 0.303 e. The number of hydrogen-bond donors (Lipinski definition) is 3. The molecule has 0 aliphatic rings. The highest BCUT2D eigenvalue weighted by molar-refractivity contribution is 5.67. The van der Waals surface area contributed by atoms with Crippen molar-refractivity contribution in [2.75, 3.05) is 20.1 Å². The average Bonchev–Trinajstić information content (AvgIpc) is 2.62. The van der Waals surface area contributed by atoms with E-state index < -0.39 is 5.97 Å². The van der Waals surface area contributed by atoms with Crippen LogP contribution in [0.25, 0.3) is 0 Å². The van der Waals surface area contributed by atoms with E-state index in [1.54, 1.807) is 6.07 Å². The Labute approximate surface area is 169 Å². The van der Waals surface area contributed by atoms with Crippen LogP contribution in [0, 0.1) is 17.8 Å². The minimum absolute atomic E-state index is 0.146. The molecule has 6 nitrogen and oxygen atoms in total. The van der Waals surface area contributed by atoms with Crippen molar-refractivity contribution in [3.63, 3.8) is 0 Å². The summed E-state index contributed by atoms with van der Waals surface area (Å²) < 4.78 is 4.88. The zero-order valence-corrected chi connectivity index (χ0v) is 18.0. The summed E-state index contributed by atoms with van der Waals surface area (Å²) in [6.45, 7) is 10.5. The summed E-state index contributed by atoms with van der Waals surface area (Å²) in [4.78, 5) is 20.6. The van der Waals surface area contributed by atoms with Crippen LogP contribution in [-0.2, 0) is 9.59 Å². The second kappa shape index (κ2) is 15.1. The van der Waals surface area contributed by atoms with E-state index in [4.69, 9.17) is 15.6 Å². The van der Waals surface area contributed by atoms with Gasteiger partial charge in [0, 0.05) is 6.42 Å². The van der Waals surface area contributed by atoms with Crippen molar-refractivity contribution < 1.29 is 19.4 Å². The topological polar surface area (TPSA) is 102 Å². The van der Waals surface area contributed by atoms with Crippen molar-refractivity contribution in [2.24, 2.45) is 23.5 Å². The number of rotatable bonds is 12. The van der Waals surface area contributed by atoms with Gasteiger partial charge in [-0.3, -0.25) is 9.59 Å². The van der Waals surface area contributed by atoms with Gasteiger partial charge >= 0.3 is 5.97 Å². The van der Waals surface area contributed by atoms with E-state index >= 15 is 0 Å². The predicted molar refractivity (Wildman–Crippen MR) is 114 cm³/mol. The first-order valence-electron chi connectivity index (χ1n) is 10.1. The maximum absolute atomic E-state index is 10.3. The van der Waals surface area contributed by atoms with Crippen molar-refractivity contribution in [2.45, 2.75) is 52.9 Å². The lowest BCUT2D eigenvalue weighted by molar-refractivity contribution is -0.138. The van der Waals surface area contributed by atoms with E-state index in [-0.39, 0.29) is 12.3 Å². The van der Waals surface area contributed by atoms with Crippen LogP contribution in [0.15, 0.2) is 24.3 Å². The fourth-order valence-electron chi connectivity index (χ4n) is 3.48. The van der Waals surface area contributed by atoms with Gasteiger partial charge in [-0.25, -0.2) is 0 Å². The lowest BCUT2D eigenvalue weighted by Crippen LogP contribution is -2.22. The summed E-state index contributed by atoms with van der Waals surface area (Å²) in [6.07, 6.45) is 2.19. The molecule has 0 saturated carbocycles. The van der Waals surface area contributed by atoms with E-state index in [0.29, 0.717) is 36.5 Å². The number of carboxylic acid groups (broad SMARTS) is 1. The molecule has 0 heterocycles. The van der Waals surface area contributed by atoms with Crippen LogP contribution in [0.5, 0.6) is 5.75 Å². The van der Waals surface area contributed by atoms with Crippen molar-refractivity contribution in [3.05, 3.63) is 29.8 Å². The molecule has 1 aromatic carbocycles. The van der Waals surface area contributed by atoms with E-state index in [2.05, 4.69) is 39.1 Å². The third kappa shape index (κ3) is 11.0. The van der Waals surface area contributed by atoms with Crippen LogP contribution in [0.2, 0.25) is 0 Å². The van der Waals surface area contributed by atoms with Crippen molar-refractivity contribution in [1.82, 2.24) is 5.32 Å². The Bertz CT molecular complexity index is 563. The molecule has 0 spiro atoms. The fourth-order valence-corrected chi connectivity index (χ4v) is 3.48. The summed E-state index contributed by atoms with van der Waals surface area (Å²) in [5.74, 6) is 1.58. The molecule has 0 bridgehead atoms. The monoisotopic (exact) mass is 394 g/mol. The smallest absolute Gasteiger partial charge is 0.303 e. The Hall–Kier alpha value is -1.92. The molecular weight excluding hydrogens is 356 g/mol. The van der Waals surface area contributed by atoms with Crippen LogP contribution in [-0.4, -0.2) is 37.7 Å². The maximum atomic E-state index is 10.3. The molecule has 0 aliphatic heterocycles. The molecule has 0 fully saturated rings. The van der Waals surface area contributed by atoms with Crippen molar-refractivity contribution >= 4 is 12.4 Å². The van der Waals surface area contributed by atoms with Crippen LogP contribution < -0.4 is 15.8 Å². The van der Waals surface area contributed by atoms with Crippen LogP contribution in [0.4, 0.5) is 0 Å². The molecule has 3 unspecified atom stereocenters. The van der Waals surface area contributed by atoms with Gasteiger partial charge in [-0.2, -0.15) is 0 Å². The van der Waals surface area contributed by atoms with Crippen LogP contribution in [0.1, 0.15) is 58.4 Å². The van der Waals surface area contributed by atoms with E-state index in [9.17, 15) is 9.59 Å². The van der Waals surface area contributed by atoms with Gasteiger partial charge in [-0.1, -0.05) is 39.8 Å². The minimum atomic E-state index is -0.749. The van der Waals surface area contributed by atoms with Gasteiger partial charge in [-0.05, 0) is 74.3 Å². The summed E-state index contributed by atoms with van der Waals surface area (Å²) in [6, 6.07) is 7.78. The number of carboxylic acids is 1. The number of aliphatic carboxylic acids is 1. The van der Waals surface area contributed by atoms with E-state index in [1.165, 1.54) is 5.56 Å². The molecular formula is C22H38N2O4. The van der Waals surface area contributed by atoms with Crippen molar-refractivity contribution in [3.8, 4) is 5.75 Å². The second-order valence-corrected chi connectivity index (χ2v) is 7.67. The Balaban J connectivity index is 0.000000576. The highest BCUT2D eigenvalue weighted by Crippen LogP contribution is 2.29. The van der Waals surface area contributed by atoms with Crippen LogP contribution >= 0.6 is 0 Å². The van der Waals surface area contributed by atoms with Gasteiger partial charge in [0.2, 0.25) is 0 Å². The van der Waals surface area contributed by atoms with Gasteiger partial charge in [0.05, 0.1) is 0 Å². The normalized spacial score (nSPS) is 13.8. The molecule has 0 aliphatic carbocycles. The molecule has 1 aromatic rings. The number of carbonyl (C=O) groups is 2. The van der Waals surface area contributed by atoms with Crippen LogP contribution in [0.3, 0.4) is 0 Å². The molecule has 3 atom stereocenters. The zero-order chi connectivity index (χ0) is 21.5. The Kier molecular flexibility index (Phi) is 14.0. The predicted octanol–water partition coefficient (Wildman–Crippen LogP) is 3.65. The minimum Gasteiger partial charge on any atom is -0.481 e. The van der Waals surface area contributed by atoms with Gasteiger partial charge in [0.25, 0.3) is 6.47 Å². The number of carbonyl (C=O) groups excluding carboxylic acids is 1. The summed E-state index contributed by atoms with van der Waals surface area (Å²) >= 11 is 0. The number of ether oxygens (including phenoxy) is 1. The molecule has 160 valence electrons. The van der Waals surface area contributed by atoms with E-state index in [1.807, 2.05) is 19.2 Å². The highest BCUT2D eigenvalue weighted by Gasteiger charge is 2.17. The number of nitrogens with one attached hydrogen (secondary N) is 1. The molecule has 0 saturated heterocycles. The standard InChI is InChI=1S/C14H21NO2.C8H17NO2/c1-4-14(11(2)9-15-3)12-6-5-7-13(8-12)17-10-16;1-6(2)3-7(5-9)4-8(10)11/h5-8,10-11,14-15H,4,9H2,1-3H3;6-7H,3-5,9H2,1-2H3,(H,10,11). The number of hydrogen-bond acceptors (Lipinski definition) is 5. The number of nitrogens with two attached hydrogens (primary N) is 1. The molecule has 28 heavy (non-hydrogen) atoms. The molecule has 0 radical (unpaired) electrons. The third-order valence-corrected chi connectivity index (χ3v) is 4.72. The van der Waals surface area contributed by atoms with Gasteiger partial charge in [0.15, 0.2) is 0 Å². The fraction of sp³-hybridized carbons (Fsp3) is 0.636. The average molecular weight is 395 g/mol. The third-order valence-electron chi connectivity index (χ3n) is 4.72. The first-order valence-corrected chi connectivity index (χ1v) is 10.1. The van der Waals surface area contributed by atoms with Gasteiger partial charge in [0.1, 0.15) is 5.75 Å². The Morgan fingerprint density at radius 2 is 2.00 bits per heavy atom. The first-order chi connectivity index (χ1) is 13.3. The summed E-state index contributed by atoms with van der Waals surface area (Å²) in [5, 5.41) is 11.7. The number of benzene rings is 1. The largest absolute Gasteiger partial charge is 0.481 e. The van der Waals surface area contributed by atoms with Crippen molar-refractivity contribution in [1.29, 1.82) is 0 Å². The lowest BCUT2D eigenvalue weighted by atomic mass is 9.85. The second-order valence-electron chi connectivity index (χ2n) is 7.67. The summed E-state index contributed by atoms with van der Waals surface area (Å²) in [5.41, 5.74) is 6.64. The quantitative estimate of drug-likeness (QED) is 0.468.